The summed E-state index contributed by atoms with van der Waals surface area (Å²) in [5.74, 6) is 1.07. The quantitative estimate of drug-likeness (QED) is 0.583. The number of carbonyl (C=O) groups excluding carboxylic acids is 1. The Bertz CT molecular complexity index is 951. The molecule has 27 heavy (non-hydrogen) atoms. The topological polar surface area (TPSA) is 47.8 Å². The molecule has 2 aromatic carbocycles. The summed E-state index contributed by atoms with van der Waals surface area (Å²) >= 11 is 7.57. The normalized spacial score (nSPS) is 17.3. The molecule has 0 bridgehead atoms. The molecule has 0 radical (unpaired) electrons. The number of Topliss-reactive ketones (excluding diaryl/α,β-unsaturated/α-hetero) is 1. The van der Waals surface area contributed by atoms with Crippen molar-refractivity contribution in [2.24, 2.45) is 0 Å². The van der Waals surface area contributed by atoms with Crippen LogP contribution in [0.2, 0.25) is 5.02 Å². The molecule has 1 aliphatic rings. The Hall–Kier alpha value is -2.11. The van der Waals surface area contributed by atoms with Crippen molar-refractivity contribution in [2.75, 3.05) is 0 Å². The Balaban J connectivity index is 1.77. The van der Waals surface area contributed by atoms with E-state index in [1.165, 1.54) is 17.3 Å². The van der Waals surface area contributed by atoms with Gasteiger partial charge in [-0.3, -0.25) is 9.36 Å². The zero-order chi connectivity index (χ0) is 18.8. The van der Waals surface area contributed by atoms with E-state index in [-0.39, 0.29) is 5.25 Å². The largest absolute Gasteiger partial charge is 0.298 e. The highest BCUT2D eigenvalue weighted by molar-refractivity contribution is 8.00. The summed E-state index contributed by atoms with van der Waals surface area (Å²) in [6.45, 7) is 2.06. The second-order valence-electron chi connectivity index (χ2n) is 6.80. The molecule has 6 heteroatoms. The van der Waals surface area contributed by atoms with Crippen molar-refractivity contribution in [3.63, 3.8) is 0 Å². The number of nitrogens with zero attached hydrogens (tertiary/aromatic N) is 3. The fraction of sp³-hybridized carbons (Fsp3) is 0.286. The smallest absolute Gasteiger partial charge is 0.196 e. The minimum Gasteiger partial charge on any atom is -0.298 e. The number of ketones is 1. The monoisotopic (exact) mass is 397 g/mol. The first-order valence-electron chi connectivity index (χ1n) is 9.09. The first kappa shape index (κ1) is 18.3. The fourth-order valence-electron chi connectivity index (χ4n) is 3.26. The molecule has 3 aromatic rings. The van der Waals surface area contributed by atoms with Crippen molar-refractivity contribution in [1.82, 2.24) is 14.8 Å². The minimum atomic E-state index is -0.0368. The van der Waals surface area contributed by atoms with Crippen LogP contribution in [0.25, 0.3) is 17.1 Å². The highest BCUT2D eigenvalue weighted by Crippen LogP contribution is 2.34. The maximum atomic E-state index is 12.3. The lowest BCUT2D eigenvalue weighted by atomic mass is 9.99. The summed E-state index contributed by atoms with van der Waals surface area (Å²) in [6, 6.07) is 15.8. The SMILES string of the molecule is Cc1ccc(-n2c(S[C@H]3CCCCC3=O)nnc2-c2ccc(Cl)cc2)cc1. The maximum absolute atomic E-state index is 12.3. The maximum Gasteiger partial charge on any atom is 0.196 e. The van der Waals surface area contributed by atoms with Gasteiger partial charge in [-0.25, -0.2) is 0 Å². The number of thioether (sulfide) groups is 1. The number of hydrogen-bond acceptors (Lipinski definition) is 4. The number of halogens is 1. The number of hydrogen-bond donors (Lipinski definition) is 0. The average molecular weight is 398 g/mol. The third-order valence-corrected chi connectivity index (χ3v) is 6.28. The van der Waals surface area contributed by atoms with E-state index in [1.807, 2.05) is 28.8 Å². The van der Waals surface area contributed by atoms with Crippen LogP contribution >= 0.6 is 23.4 Å². The Morgan fingerprint density at radius 3 is 2.48 bits per heavy atom. The zero-order valence-electron chi connectivity index (χ0n) is 15.1. The lowest BCUT2D eigenvalue weighted by molar-refractivity contribution is -0.119. The third kappa shape index (κ3) is 3.94. The Morgan fingerprint density at radius 1 is 1.04 bits per heavy atom. The van der Waals surface area contributed by atoms with Crippen molar-refractivity contribution < 1.29 is 4.79 Å². The van der Waals surface area contributed by atoms with Crippen molar-refractivity contribution in [1.29, 1.82) is 0 Å². The van der Waals surface area contributed by atoms with Gasteiger partial charge in [0, 0.05) is 22.7 Å². The van der Waals surface area contributed by atoms with Crippen LogP contribution in [-0.2, 0) is 4.79 Å². The van der Waals surface area contributed by atoms with Crippen LogP contribution in [0.1, 0.15) is 31.2 Å². The lowest BCUT2D eigenvalue weighted by Crippen LogP contribution is -2.21. The number of benzene rings is 2. The van der Waals surface area contributed by atoms with E-state index in [2.05, 4.69) is 41.4 Å². The predicted molar refractivity (Wildman–Crippen MR) is 110 cm³/mol. The number of rotatable bonds is 4. The van der Waals surface area contributed by atoms with Crippen molar-refractivity contribution in [2.45, 2.75) is 43.0 Å². The molecular formula is C21H20ClN3OS. The molecule has 1 fully saturated rings. The van der Waals surface area contributed by atoms with Crippen LogP contribution in [0, 0.1) is 6.92 Å². The van der Waals surface area contributed by atoms with Gasteiger partial charge in [-0.2, -0.15) is 0 Å². The number of aromatic nitrogens is 3. The molecule has 1 saturated carbocycles. The molecule has 1 aliphatic carbocycles. The van der Waals surface area contributed by atoms with Crippen molar-refractivity contribution in [3.05, 3.63) is 59.1 Å². The van der Waals surface area contributed by atoms with Gasteiger partial charge in [-0.15, -0.1) is 10.2 Å². The Morgan fingerprint density at radius 2 is 1.78 bits per heavy atom. The average Bonchev–Trinajstić information content (AvgIpc) is 3.08. The Kier molecular flexibility index (Phi) is 5.32. The van der Waals surface area contributed by atoms with Crippen LogP contribution in [0.3, 0.4) is 0 Å². The minimum absolute atomic E-state index is 0.0368. The van der Waals surface area contributed by atoms with Gasteiger partial charge in [0.25, 0.3) is 0 Å². The molecular weight excluding hydrogens is 378 g/mol. The van der Waals surface area contributed by atoms with Crippen LogP contribution in [0.15, 0.2) is 53.7 Å². The number of aryl methyl sites for hydroxylation is 1. The van der Waals surface area contributed by atoms with Crippen molar-refractivity contribution >= 4 is 29.1 Å². The summed E-state index contributed by atoms with van der Waals surface area (Å²) in [5.41, 5.74) is 3.12. The summed E-state index contributed by atoms with van der Waals surface area (Å²) in [6.07, 6.45) is 3.66. The van der Waals surface area contributed by atoms with E-state index in [9.17, 15) is 4.79 Å². The van der Waals surface area contributed by atoms with E-state index >= 15 is 0 Å². The van der Waals surface area contributed by atoms with E-state index in [0.29, 0.717) is 17.2 Å². The fourth-order valence-corrected chi connectivity index (χ4v) is 4.56. The molecule has 138 valence electrons. The molecule has 0 aliphatic heterocycles. The molecule has 1 atom stereocenters. The molecule has 0 saturated heterocycles. The molecule has 4 nitrogen and oxygen atoms in total. The summed E-state index contributed by atoms with van der Waals surface area (Å²) in [5, 5.41) is 10.3. The van der Waals surface area contributed by atoms with E-state index in [1.54, 1.807) is 0 Å². The van der Waals surface area contributed by atoms with E-state index in [0.717, 1.165) is 41.5 Å². The molecule has 0 unspecified atom stereocenters. The van der Waals surface area contributed by atoms with Crippen molar-refractivity contribution in [3.8, 4) is 17.1 Å². The number of carbonyl (C=O) groups is 1. The zero-order valence-corrected chi connectivity index (χ0v) is 16.6. The second-order valence-corrected chi connectivity index (χ2v) is 8.41. The predicted octanol–water partition coefficient (Wildman–Crippen LogP) is 5.50. The first-order valence-corrected chi connectivity index (χ1v) is 10.4. The Labute approximate surface area is 168 Å². The van der Waals surface area contributed by atoms with E-state index < -0.39 is 0 Å². The van der Waals surface area contributed by atoms with Crippen LogP contribution in [0.4, 0.5) is 0 Å². The van der Waals surface area contributed by atoms with Crippen LogP contribution in [-0.4, -0.2) is 25.8 Å². The van der Waals surface area contributed by atoms with Crippen LogP contribution in [0.5, 0.6) is 0 Å². The highest BCUT2D eigenvalue weighted by Gasteiger charge is 2.26. The lowest BCUT2D eigenvalue weighted by Gasteiger charge is -2.20. The second kappa shape index (κ2) is 7.87. The molecule has 1 heterocycles. The third-order valence-electron chi connectivity index (χ3n) is 4.77. The molecule has 0 amide bonds. The van der Waals surface area contributed by atoms with Gasteiger partial charge in [0.15, 0.2) is 11.0 Å². The van der Waals surface area contributed by atoms with Gasteiger partial charge in [-0.1, -0.05) is 47.5 Å². The van der Waals surface area contributed by atoms with Gasteiger partial charge in [0.05, 0.1) is 5.25 Å². The molecule has 1 aromatic heterocycles. The van der Waals surface area contributed by atoms with Gasteiger partial charge in [0.2, 0.25) is 0 Å². The standard InChI is InChI=1S/C21H20ClN3OS/c1-14-6-12-17(13-7-14)25-20(15-8-10-16(22)11-9-15)23-24-21(25)27-19-5-3-2-4-18(19)26/h6-13,19H,2-5H2,1H3/t19-/m0/s1. The van der Waals surface area contributed by atoms with Gasteiger partial charge < -0.3 is 0 Å². The summed E-state index contributed by atoms with van der Waals surface area (Å²) < 4.78 is 2.04. The van der Waals surface area contributed by atoms with Gasteiger partial charge in [-0.05, 0) is 56.2 Å². The first-order chi connectivity index (χ1) is 13.1. The summed E-state index contributed by atoms with van der Waals surface area (Å²) in [7, 11) is 0. The van der Waals surface area contributed by atoms with E-state index in [4.69, 9.17) is 11.6 Å². The molecule has 0 spiro atoms. The van der Waals surface area contributed by atoms with Gasteiger partial charge in [0.1, 0.15) is 5.78 Å². The highest BCUT2D eigenvalue weighted by atomic mass is 35.5. The molecule has 4 rings (SSSR count). The summed E-state index contributed by atoms with van der Waals surface area (Å²) in [4.78, 5) is 12.3. The van der Waals surface area contributed by atoms with Gasteiger partial charge >= 0.3 is 0 Å². The van der Waals surface area contributed by atoms with Crippen LogP contribution < -0.4 is 0 Å². The molecule has 0 N–H and O–H groups in total.